The second-order valence-electron chi connectivity index (χ2n) is 3.39. The predicted octanol–water partition coefficient (Wildman–Crippen LogP) is 0.668. The molecule has 0 aromatic carbocycles. The molecule has 1 amide bonds. The summed E-state index contributed by atoms with van der Waals surface area (Å²) in [7, 11) is 1.73. The molecule has 1 aromatic rings. The first-order valence-electron chi connectivity index (χ1n) is 4.42. The van der Waals surface area contributed by atoms with Gasteiger partial charge in [0.2, 0.25) is 5.91 Å². The van der Waals surface area contributed by atoms with Crippen LogP contribution >= 0.6 is 11.6 Å². The Hall–Kier alpha value is -1.36. The van der Waals surface area contributed by atoms with E-state index in [2.05, 4.69) is 10.2 Å². The van der Waals surface area contributed by atoms with Gasteiger partial charge in [-0.1, -0.05) is 11.6 Å². The number of anilines is 1. The maximum atomic E-state index is 10.8. The minimum Gasteiger partial charge on any atom is -0.368 e. The Labute approximate surface area is 93.2 Å². The van der Waals surface area contributed by atoms with E-state index in [-0.39, 0.29) is 6.54 Å². The van der Waals surface area contributed by atoms with Gasteiger partial charge in [-0.15, -0.1) is 10.2 Å². The van der Waals surface area contributed by atoms with Crippen molar-refractivity contribution in [2.75, 3.05) is 18.5 Å². The molecule has 1 heterocycles. The molecular weight excluding hydrogens is 216 g/mol. The molecule has 0 aliphatic carbocycles. The normalized spacial score (nSPS) is 10.1. The van der Waals surface area contributed by atoms with E-state index in [1.54, 1.807) is 11.9 Å². The zero-order valence-electron chi connectivity index (χ0n) is 8.91. The lowest BCUT2D eigenvalue weighted by Crippen LogP contribution is -2.31. The number of aromatic nitrogens is 2. The van der Waals surface area contributed by atoms with Gasteiger partial charge in [0.1, 0.15) is 0 Å². The van der Waals surface area contributed by atoms with Crippen LogP contribution in [-0.4, -0.2) is 29.7 Å². The van der Waals surface area contributed by atoms with Crippen molar-refractivity contribution in [3.8, 4) is 0 Å². The van der Waals surface area contributed by atoms with Gasteiger partial charge in [0, 0.05) is 7.05 Å². The lowest BCUT2D eigenvalue weighted by atomic mass is 10.2. The maximum Gasteiger partial charge on any atom is 0.236 e. The fourth-order valence-electron chi connectivity index (χ4n) is 1.23. The lowest BCUT2D eigenvalue weighted by molar-refractivity contribution is -0.116. The number of likely N-dealkylation sites (N-methyl/N-ethyl adjacent to an activating group) is 1. The van der Waals surface area contributed by atoms with Crippen LogP contribution in [0.15, 0.2) is 0 Å². The molecule has 0 radical (unpaired) electrons. The molecule has 82 valence electrons. The largest absolute Gasteiger partial charge is 0.368 e. The van der Waals surface area contributed by atoms with Crippen LogP contribution in [0, 0.1) is 13.8 Å². The summed E-state index contributed by atoms with van der Waals surface area (Å²) in [5, 5.41) is 8.10. The number of carbonyl (C=O) groups excluding carboxylic acids is 1. The van der Waals surface area contributed by atoms with Crippen LogP contribution in [0.5, 0.6) is 0 Å². The molecule has 15 heavy (non-hydrogen) atoms. The highest BCUT2D eigenvalue weighted by molar-refractivity contribution is 6.30. The van der Waals surface area contributed by atoms with Crippen LogP contribution in [0.2, 0.25) is 5.15 Å². The summed E-state index contributed by atoms with van der Waals surface area (Å²) in [6.45, 7) is 3.84. The van der Waals surface area contributed by atoms with Gasteiger partial charge in [0.25, 0.3) is 0 Å². The monoisotopic (exact) mass is 228 g/mol. The molecule has 0 fully saturated rings. The molecule has 0 atom stereocenters. The molecular formula is C9H13ClN4O. The summed E-state index contributed by atoms with van der Waals surface area (Å²) in [5.74, 6) is 0.210. The van der Waals surface area contributed by atoms with Crippen molar-refractivity contribution in [2.24, 2.45) is 5.73 Å². The number of carbonyl (C=O) groups is 1. The van der Waals surface area contributed by atoms with E-state index in [1.807, 2.05) is 13.8 Å². The molecule has 5 nitrogen and oxygen atoms in total. The maximum absolute atomic E-state index is 10.8. The summed E-state index contributed by atoms with van der Waals surface area (Å²) in [4.78, 5) is 12.4. The van der Waals surface area contributed by atoms with Crippen molar-refractivity contribution in [1.82, 2.24) is 10.2 Å². The minimum atomic E-state index is -0.411. The number of halogens is 1. The molecule has 0 saturated heterocycles. The van der Waals surface area contributed by atoms with Crippen LogP contribution < -0.4 is 10.6 Å². The van der Waals surface area contributed by atoms with Gasteiger partial charge in [-0.2, -0.15) is 0 Å². The number of hydrogen-bond donors (Lipinski definition) is 1. The molecule has 0 bridgehead atoms. The quantitative estimate of drug-likeness (QED) is 0.825. The van der Waals surface area contributed by atoms with Crippen molar-refractivity contribution < 1.29 is 4.79 Å². The summed E-state index contributed by atoms with van der Waals surface area (Å²) in [6, 6.07) is 0. The molecule has 0 unspecified atom stereocenters. The number of primary amides is 1. The fraction of sp³-hybridized carbons (Fsp3) is 0.444. The van der Waals surface area contributed by atoms with Crippen LogP contribution in [0.25, 0.3) is 0 Å². The SMILES string of the molecule is Cc1c(Cl)nnc(N(C)CC(N)=O)c1C. The molecule has 2 N–H and O–H groups in total. The topological polar surface area (TPSA) is 72.1 Å². The molecule has 0 aliphatic rings. The molecule has 1 rings (SSSR count). The first-order valence-corrected chi connectivity index (χ1v) is 4.80. The highest BCUT2D eigenvalue weighted by atomic mass is 35.5. The molecule has 0 spiro atoms. The summed E-state index contributed by atoms with van der Waals surface area (Å²) in [5.41, 5.74) is 6.85. The smallest absolute Gasteiger partial charge is 0.236 e. The predicted molar refractivity (Wildman–Crippen MR) is 59.0 cm³/mol. The van der Waals surface area contributed by atoms with Gasteiger partial charge < -0.3 is 10.6 Å². The van der Waals surface area contributed by atoms with Crippen LogP contribution in [0.4, 0.5) is 5.82 Å². The first-order chi connectivity index (χ1) is 6.93. The summed E-state index contributed by atoms with van der Waals surface area (Å²) >= 11 is 5.81. The van der Waals surface area contributed by atoms with Gasteiger partial charge in [-0.3, -0.25) is 4.79 Å². The second-order valence-corrected chi connectivity index (χ2v) is 3.74. The number of rotatable bonds is 3. The minimum absolute atomic E-state index is 0.108. The van der Waals surface area contributed by atoms with Crippen LogP contribution in [0.3, 0.4) is 0 Å². The van der Waals surface area contributed by atoms with E-state index in [9.17, 15) is 4.79 Å². The standard InChI is InChI=1S/C9H13ClN4O/c1-5-6(2)9(13-12-8(5)10)14(3)4-7(11)15/h4H2,1-3H3,(H2,11,15). The number of hydrogen-bond acceptors (Lipinski definition) is 4. The van der Waals surface area contributed by atoms with Crippen molar-refractivity contribution >= 4 is 23.3 Å². The van der Waals surface area contributed by atoms with Gasteiger partial charge in [-0.05, 0) is 25.0 Å². The number of nitrogens with two attached hydrogens (primary N) is 1. The molecule has 1 aromatic heterocycles. The number of nitrogens with zero attached hydrogens (tertiary/aromatic N) is 3. The Morgan fingerprint density at radius 2 is 2.00 bits per heavy atom. The van der Waals surface area contributed by atoms with Gasteiger partial charge in [-0.25, -0.2) is 0 Å². The third-order valence-corrected chi connectivity index (χ3v) is 2.55. The summed E-state index contributed by atoms with van der Waals surface area (Å²) in [6.07, 6.45) is 0. The highest BCUT2D eigenvalue weighted by Crippen LogP contribution is 2.22. The number of amides is 1. The Morgan fingerprint density at radius 1 is 1.40 bits per heavy atom. The Bertz CT molecular complexity index is 394. The average Bonchev–Trinajstić information content (AvgIpc) is 2.13. The van der Waals surface area contributed by atoms with E-state index in [0.29, 0.717) is 11.0 Å². The van der Waals surface area contributed by atoms with E-state index >= 15 is 0 Å². The highest BCUT2D eigenvalue weighted by Gasteiger charge is 2.13. The lowest BCUT2D eigenvalue weighted by Gasteiger charge is -2.18. The van der Waals surface area contributed by atoms with Crippen molar-refractivity contribution in [3.05, 3.63) is 16.3 Å². The van der Waals surface area contributed by atoms with Gasteiger partial charge >= 0.3 is 0 Å². The first kappa shape index (κ1) is 11.7. The van der Waals surface area contributed by atoms with Gasteiger partial charge in [0.15, 0.2) is 11.0 Å². The van der Waals surface area contributed by atoms with E-state index < -0.39 is 5.91 Å². The van der Waals surface area contributed by atoms with Crippen molar-refractivity contribution in [2.45, 2.75) is 13.8 Å². The third kappa shape index (κ3) is 2.56. The van der Waals surface area contributed by atoms with Crippen LogP contribution in [0.1, 0.15) is 11.1 Å². The van der Waals surface area contributed by atoms with Crippen LogP contribution in [-0.2, 0) is 4.79 Å². The molecule has 0 aliphatic heterocycles. The summed E-state index contributed by atoms with van der Waals surface area (Å²) < 4.78 is 0. The second kappa shape index (κ2) is 4.44. The fourth-order valence-corrected chi connectivity index (χ4v) is 1.41. The van der Waals surface area contributed by atoms with Crippen molar-refractivity contribution in [1.29, 1.82) is 0 Å². The molecule has 6 heteroatoms. The van der Waals surface area contributed by atoms with Gasteiger partial charge in [0.05, 0.1) is 6.54 Å². The zero-order chi connectivity index (χ0) is 11.6. The zero-order valence-corrected chi connectivity index (χ0v) is 9.67. The van der Waals surface area contributed by atoms with E-state index in [1.165, 1.54) is 0 Å². The van der Waals surface area contributed by atoms with E-state index in [0.717, 1.165) is 11.1 Å². The Balaban J connectivity index is 3.05. The van der Waals surface area contributed by atoms with Crippen molar-refractivity contribution in [3.63, 3.8) is 0 Å². The Kier molecular flexibility index (Phi) is 3.47. The average molecular weight is 229 g/mol. The van der Waals surface area contributed by atoms with E-state index in [4.69, 9.17) is 17.3 Å². The third-order valence-electron chi connectivity index (χ3n) is 2.19. The Morgan fingerprint density at radius 3 is 2.53 bits per heavy atom. The molecule has 0 saturated carbocycles.